The molecule has 0 spiro atoms. The zero-order valence-electron chi connectivity index (χ0n) is 12.0. The molecule has 3 N–H and O–H groups in total. The quantitative estimate of drug-likeness (QED) is 0.700. The molecule has 0 aliphatic rings. The summed E-state index contributed by atoms with van der Waals surface area (Å²) in [4.78, 5) is 22.9. The smallest absolute Gasteiger partial charge is 0.253 e. The van der Waals surface area contributed by atoms with Gasteiger partial charge < -0.3 is 20.1 Å². The average Bonchev–Trinajstić information content (AvgIpc) is 2.87. The molecule has 0 bridgehead atoms. The molecule has 0 atom stereocenters. The molecule has 0 radical (unpaired) electrons. The van der Waals surface area contributed by atoms with E-state index in [1.54, 1.807) is 6.20 Å². The molecule has 0 saturated heterocycles. The number of fused-ring (bicyclic) bond motifs is 1. The van der Waals surface area contributed by atoms with E-state index in [2.05, 4.69) is 26.8 Å². The number of H-pyrrole nitrogens is 1. The maximum Gasteiger partial charge on any atom is 0.253 e. The highest BCUT2D eigenvalue weighted by Crippen LogP contribution is 2.29. The van der Waals surface area contributed by atoms with Gasteiger partial charge >= 0.3 is 0 Å². The van der Waals surface area contributed by atoms with E-state index >= 15 is 0 Å². The van der Waals surface area contributed by atoms with Gasteiger partial charge in [-0.1, -0.05) is 20.4 Å². The third kappa shape index (κ3) is 3.38. The van der Waals surface area contributed by atoms with Gasteiger partial charge in [-0.25, -0.2) is 9.97 Å². The fourth-order valence-corrected chi connectivity index (χ4v) is 1.67. The summed E-state index contributed by atoms with van der Waals surface area (Å²) >= 11 is 0. The molecule has 2 heterocycles. The van der Waals surface area contributed by atoms with Crippen LogP contribution in [0.25, 0.3) is 11.0 Å². The van der Waals surface area contributed by atoms with E-state index in [4.69, 9.17) is 9.84 Å². The molecular weight excluding hydrogens is 272 g/mol. The van der Waals surface area contributed by atoms with Gasteiger partial charge in [0.15, 0.2) is 0 Å². The first-order valence-electron chi connectivity index (χ1n) is 6.57. The highest BCUT2D eigenvalue weighted by molar-refractivity contribution is 6.08. The number of anilines is 1. The fourth-order valence-electron chi connectivity index (χ4n) is 1.67. The van der Waals surface area contributed by atoms with Crippen LogP contribution in [-0.2, 0) is 4.79 Å². The number of aromatic amines is 1. The van der Waals surface area contributed by atoms with E-state index in [-0.39, 0.29) is 5.57 Å². The van der Waals surface area contributed by atoms with Crippen LogP contribution in [0.1, 0.15) is 13.8 Å². The molecule has 112 valence electrons. The number of aliphatic hydroxyl groups is 1. The van der Waals surface area contributed by atoms with Crippen LogP contribution in [0.4, 0.5) is 5.69 Å². The number of aliphatic hydroxyl groups excluding tert-OH is 1. The first-order valence-corrected chi connectivity index (χ1v) is 6.57. The summed E-state index contributed by atoms with van der Waals surface area (Å²) < 4.78 is 5.65. The van der Waals surface area contributed by atoms with Gasteiger partial charge in [-0.3, -0.25) is 4.79 Å². The number of carbonyl (C=O) groups is 1. The lowest BCUT2D eigenvalue weighted by Gasteiger charge is -2.10. The van der Waals surface area contributed by atoms with Gasteiger partial charge in [-0.15, -0.1) is 0 Å². The zero-order valence-corrected chi connectivity index (χ0v) is 12.0. The minimum atomic E-state index is -0.461. The molecule has 0 fully saturated rings. The van der Waals surface area contributed by atoms with Crippen LogP contribution in [0, 0.1) is 5.92 Å². The number of rotatable bonds is 6. The van der Waals surface area contributed by atoms with Gasteiger partial charge in [0.25, 0.3) is 5.91 Å². The summed E-state index contributed by atoms with van der Waals surface area (Å²) in [6, 6.07) is 0. The molecule has 0 unspecified atom stereocenters. The van der Waals surface area contributed by atoms with E-state index in [1.165, 1.54) is 6.33 Å². The van der Waals surface area contributed by atoms with E-state index in [9.17, 15) is 4.79 Å². The Morgan fingerprint density at radius 2 is 2.29 bits per heavy atom. The van der Waals surface area contributed by atoms with Gasteiger partial charge in [-0.05, 0) is 5.92 Å². The van der Waals surface area contributed by atoms with Crippen molar-refractivity contribution in [2.24, 2.45) is 5.92 Å². The van der Waals surface area contributed by atoms with E-state index in [0.717, 1.165) is 0 Å². The highest BCUT2D eigenvalue weighted by Gasteiger charge is 2.15. The second-order valence-electron chi connectivity index (χ2n) is 5.03. The molecule has 2 rings (SSSR count). The lowest BCUT2D eigenvalue weighted by atomic mass is 10.2. The van der Waals surface area contributed by atoms with Crippen molar-refractivity contribution in [2.75, 3.05) is 18.5 Å². The molecule has 0 saturated carbocycles. The first-order chi connectivity index (χ1) is 10.0. The lowest BCUT2D eigenvalue weighted by Crippen LogP contribution is -2.15. The number of nitrogens with zero attached hydrogens (tertiary/aromatic N) is 2. The largest absolute Gasteiger partial charge is 0.477 e. The molecule has 7 nitrogen and oxygen atoms in total. The number of hydrogen-bond donors (Lipinski definition) is 3. The summed E-state index contributed by atoms with van der Waals surface area (Å²) in [5, 5.41) is 12.2. The molecule has 0 aliphatic carbocycles. The Kier molecular flexibility index (Phi) is 4.54. The third-order valence-corrected chi connectivity index (χ3v) is 2.75. The predicted molar refractivity (Wildman–Crippen MR) is 79.1 cm³/mol. The van der Waals surface area contributed by atoms with Crippen molar-refractivity contribution in [2.45, 2.75) is 13.8 Å². The summed E-state index contributed by atoms with van der Waals surface area (Å²) in [6.45, 7) is 7.65. The minimum absolute atomic E-state index is 0.0749. The topological polar surface area (TPSA) is 100 Å². The van der Waals surface area contributed by atoms with Crippen molar-refractivity contribution >= 4 is 22.6 Å². The van der Waals surface area contributed by atoms with Crippen LogP contribution in [0.3, 0.4) is 0 Å². The average molecular weight is 290 g/mol. The van der Waals surface area contributed by atoms with Crippen molar-refractivity contribution in [3.05, 3.63) is 24.7 Å². The Balaban J connectivity index is 2.32. The summed E-state index contributed by atoms with van der Waals surface area (Å²) in [6.07, 6.45) is 3.00. The van der Waals surface area contributed by atoms with Crippen LogP contribution in [0.5, 0.6) is 5.88 Å². The Labute approximate surface area is 122 Å². The molecule has 21 heavy (non-hydrogen) atoms. The maximum atomic E-state index is 11.8. The molecule has 7 heteroatoms. The van der Waals surface area contributed by atoms with Crippen LogP contribution in [0.15, 0.2) is 24.7 Å². The SMILES string of the molecule is C=C(CO)C(=O)Nc1c[nH]c2ncnc(OCC(C)C)c12. The van der Waals surface area contributed by atoms with Crippen molar-refractivity contribution in [3.8, 4) is 5.88 Å². The number of carbonyl (C=O) groups excluding carboxylic acids is 1. The number of nitrogens with one attached hydrogen (secondary N) is 2. The maximum absolute atomic E-state index is 11.8. The van der Waals surface area contributed by atoms with E-state index in [1.807, 2.05) is 13.8 Å². The monoisotopic (exact) mass is 290 g/mol. The molecule has 1 amide bonds. The minimum Gasteiger partial charge on any atom is -0.477 e. The van der Waals surface area contributed by atoms with Gasteiger partial charge in [0.1, 0.15) is 17.4 Å². The second-order valence-corrected chi connectivity index (χ2v) is 5.03. The lowest BCUT2D eigenvalue weighted by molar-refractivity contribution is -0.113. The Morgan fingerprint density at radius 1 is 1.52 bits per heavy atom. The van der Waals surface area contributed by atoms with Crippen molar-refractivity contribution in [1.29, 1.82) is 0 Å². The van der Waals surface area contributed by atoms with Gasteiger partial charge in [0, 0.05) is 11.8 Å². The highest BCUT2D eigenvalue weighted by atomic mass is 16.5. The predicted octanol–water partition coefficient (Wildman–Crippen LogP) is 1.48. The van der Waals surface area contributed by atoms with Gasteiger partial charge in [-0.2, -0.15) is 0 Å². The molecule has 0 aliphatic heterocycles. The van der Waals surface area contributed by atoms with Crippen LogP contribution in [0.2, 0.25) is 0 Å². The second kappa shape index (κ2) is 6.36. The zero-order chi connectivity index (χ0) is 15.4. The Morgan fingerprint density at radius 3 is 2.95 bits per heavy atom. The normalized spacial score (nSPS) is 10.9. The van der Waals surface area contributed by atoms with Crippen molar-refractivity contribution in [1.82, 2.24) is 15.0 Å². The fraction of sp³-hybridized carbons (Fsp3) is 0.357. The number of ether oxygens (including phenoxy) is 1. The molecule has 2 aromatic heterocycles. The number of amides is 1. The summed E-state index contributed by atoms with van der Waals surface area (Å²) in [5.41, 5.74) is 1.13. The van der Waals surface area contributed by atoms with Crippen molar-refractivity contribution < 1.29 is 14.6 Å². The number of aromatic nitrogens is 3. The summed E-state index contributed by atoms with van der Waals surface area (Å²) in [7, 11) is 0. The molecule has 0 aromatic carbocycles. The third-order valence-electron chi connectivity index (χ3n) is 2.75. The Bertz CT molecular complexity index is 663. The Hall–Kier alpha value is -2.41. The molecular formula is C14H18N4O3. The van der Waals surface area contributed by atoms with Crippen LogP contribution < -0.4 is 10.1 Å². The van der Waals surface area contributed by atoms with Crippen molar-refractivity contribution in [3.63, 3.8) is 0 Å². The van der Waals surface area contributed by atoms with Gasteiger partial charge in [0.2, 0.25) is 5.88 Å². The van der Waals surface area contributed by atoms with E-state index < -0.39 is 12.5 Å². The van der Waals surface area contributed by atoms with Crippen LogP contribution in [-0.4, -0.2) is 39.2 Å². The van der Waals surface area contributed by atoms with E-state index in [0.29, 0.717) is 35.1 Å². The first kappa shape index (κ1) is 15.0. The van der Waals surface area contributed by atoms with Gasteiger partial charge in [0.05, 0.1) is 18.9 Å². The van der Waals surface area contributed by atoms with Crippen LogP contribution >= 0.6 is 0 Å². The number of hydrogen-bond acceptors (Lipinski definition) is 5. The standard InChI is InChI=1S/C14H18N4O3/c1-8(2)6-21-14-11-10(18-13(20)9(3)5-19)4-15-12(11)16-7-17-14/h4,7-8,19H,3,5-6H2,1-2H3,(H,18,20)(H,15,16,17). The summed E-state index contributed by atoms with van der Waals surface area (Å²) in [5.74, 6) is 0.290. The molecule has 2 aromatic rings.